The van der Waals surface area contributed by atoms with E-state index in [1.165, 1.54) is 10.8 Å². The number of fused-ring (bicyclic) bond motifs is 1. The molecule has 3 N–H and O–H groups in total. The van der Waals surface area contributed by atoms with E-state index in [2.05, 4.69) is 15.2 Å². The standard InChI is InChI=1S/C16H15ClFN5O/c1-7-12(6-20-22-7)23-15(13(19)8-2-3-8)21-14-10(16(23)24)4-9(18)5-11(14)17/h4-6,8,13H,2-3,19H2,1H3,(H,20,22). The number of aromatic amines is 1. The van der Waals surface area contributed by atoms with Crippen molar-refractivity contribution in [2.75, 3.05) is 0 Å². The molecule has 1 aliphatic carbocycles. The van der Waals surface area contributed by atoms with Gasteiger partial charge in [0.25, 0.3) is 5.56 Å². The Balaban J connectivity index is 2.11. The smallest absolute Gasteiger partial charge is 0.266 e. The highest BCUT2D eigenvalue weighted by atomic mass is 35.5. The Kier molecular flexibility index (Phi) is 3.43. The number of halogens is 2. The van der Waals surface area contributed by atoms with Crippen LogP contribution in [0.25, 0.3) is 16.6 Å². The summed E-state index contributed by atoms with van der Waals surface area (Å²) in [6.45, 7) is 1.80. The van der Waals surface area contributed by atoms with E-state index in [1.807, 2.05) is 0 Å². The topological polar surface area (TPSA) is 89.6 Å². The van der Waals surface area contributed by atoms with Gasteiger partial charge in [-0.25, -0.2) is 9.37 Å². The molecule has 8 heteroatoms. The van der Waals surface area contributed by atoms with E-state index in [9.17, 15) is 9.18 Å². The normalized spacial score (nSPS) is 15.8. The summed E-state index contributed by atoms with van der Waals surface area (Å²) in [5, 5.41) is 6.98. The van der Waals surface area contributed by atoms with Gasteiger partial charge in [-0.1, -0.05) is 11.6 Å². The summed E-state index contributed by atoms with van der Waals surface area (Å²) in [5.74, 6) is 0.126. The van der Waals surface area contributed by atoms with Gasteiger partial charge in [-0.2, -0.15) is 5.10 Å². The lowest BCUT2D eigenvalue weighted by atomic mass is 10.1. The van der Waals surface area contributed by atoms with Crippen LogP contribution in [-0.2, 0) is 0 Å². The summed E-state index contributed by atoms with van der Waals surface area (Å²) >= 11 is 6.10. The molecule has 1 aliphatic rings. The highest BCUT2D eigenvalue weighted by Gasteiger charge is 2.33. The molecule has 0 amide bonds. The largest absolute Gasteiger partial charge is 0.321 e. The SMILES string of the molecule is Cc1[nH]ncc1-n1c(C(N)C2CC2)nc2c(Cl)cc(F)cc2c1=O. The maximum Gasteiger partial charge on any atom is 0.266 e. The first-order valence-corrected chi connectivity index (χ1v) is 8.03. The van der Waals surface area contributed by atoms with Gasteiger partial charge in [0, 0.05) is 0 Å². The second kappa shape index (κ2) is 5.39. The Morgan fingerprint density at radius 3 is 2.83 bits per heavy atom. The lowest BCUT2D eigenvalue weighted by Gasteiger charge is -2.18. The number of nitrogens with one attached hydrogen (secondary N) is 1. The van der Waals surface area contributed by atoms with E-state index in [1.54, 1.807) is 6.92 Å². The van der Waals surface area contributed by atoms with Gasteiger partial charge in [-0.3, -0.25) is 14.5 Å². The van der Waals surface area contributed by atoms with Crippen molar-refractivity contribution in [1.82, 2.24) is 19.7 Å². The second-order valence-corrected chi connectivity index (χ2v) is 6.55. The molecule has 0 aliphatic heterocycles. The number of nitrogens with two attached hydrogens (primary N) is 1. The first kappa shape index (κ1) is 15.3. The molecule has 1 atom stereocenters. The third-order valence-electron chi connectivity index (χ3n) is 4.39. The van der Waals surface area contributed by atoms with E-state index in [4.69, 9.17) is 17.3 Å². The van der Waals surface area contributed by atoms with Gasteiger partial charge in [-0.05, 0) is 37.8 Å². The fourth-order valence-corrected chi connectivity index (χ4v) is 3.17. The summed E-state index contributed by atoms with van der Waals surface area (Å²) < 4.78 is 15.1. The Labute approximate surface area is 141 Å². The van der Waals surface area contributed by atoms with Crippen molar-refractivity contribution in [2.24, 2.45) is 11.7 Å². The Hall–Kier alpha value is -2.25. The van der Waals surface area contributed by atoms with Crippen molar-refractivity contribution < 1.29 is 4.39 Å². The fraction of sp³-hybridized carbons (Fsp3) is 0.312. The number of hydrogen-bond donors (Lipinski definition) is 2. The molecule has 6 nitrogen and oxygen atoms in total. The van der Waals surface area contributed by atoms with Gasteiger partial charge in [-0.15, -0.1) is 0 Å². The molecule has 3 aromatic rings. The molecule has 2 heterocycles. The van der Waals surface area contributed by atoms with Gasteiger partial charge >= 0.3 is 0 Å². The summed E-state index contributed by atoms with van der Waals surface area (Å²) in [6, 6.07) is 1.91. The van der Waals surface area contributed by atoms with E-state index < -0.39 is 17.4 Å². The van der Waals surface area contributed by atoms with Crippen LogP contribution in [0.4, 0.5) is 4.39 Å². The number of H-pyrrole nitrogens is 1. The molecular formula is C16H15ClFN5O. The van der Waals surface area contributed by atoms with E-state index >= 15 is 0 Å². The molecule has 0 saturated heterocycles. The van der Waals surface area contributed by atoms with Gasteiger partial charge < -0.3 is 5.73 Å². The first-order chi connectivity index (χ1) is 11.5. The van der Waals surface area contributed by atoms with Crippen LogP contribution >= 0.6 is 11.6 Å². The van der Waals surface area contributed by atoms with Gasteiger partial charge in [0.15, 0.2) is 0 Å². The Morgan fingerprint density at radius 1 is 1.46 bits per heavy atom. The zero-order chi connectivity index (χ0) is 17.0. The fourth-order valence-electron chi connectivity index (χ4n) is 2.92. The summed E-state index contributed by atoms with van der Waals surface area (Å²) in [7, 11) is 0. The average Bonchev–Trinajstić information content (AvgIpc) is 3.30. The number of aryl methyl sites for hydroxylation is 1. The lowest BCUT2D eigenvalue weighted by Crippen LogP contribution is -2.29. The molecule has 4 rings (SSSR count). The van der Waals surface area contributed by atoms with Crippen molar-refractivity contribution in [3.05, 3.63) is 51.0 Å². The first-order valence-electron chi connectivity index (χ1n) is 7.65. The van der Waals surface area contributed by atoms with E-state index in [0.29, 0.717) is 17.2 Å². The second-order valence-electron chi connectivity index (χ2n) is 6.14. The maximum atomic E-state index is 13.7. The minimum absolute atomic E-state index is 0.0995. The molecule has 2 aromatic heterocycles. The van der Waals surface area contributed by atoms with E-state index in [-0.39, 0.29) is 21.8 Å². The Morgan fingerprint density at radius 2 is 2.21 bits per heavy atom. The molecule has 124 valence electrons. The van der Waals surface area contributed by atoms with Crippen molar-refractivity contribution in [3.8, 4) is 5.69 Å². The van der Waals surface area contributed by atoms with Crippen LogP contribution in [0, 0.1) is 18.7 Å². The van der Waals surface area contributed by atoms with Crippen LogP contribution in [0.5, 0.6) is 0 Å². The molecule has 1 fully saturated rings. The Bertz CT molecular complexity index is 1010. The molecule has 24 heavy (non-hydrogen) atoms. The van der Waals surface area contributed by atoms with Gasteiger partial charge in [0.05, 0.1) is 39.5 Å². The summed E-state index contributed by atoms with van der Waals surface area (Å²) in [5.41, 5.74) is 7.45. The molecular weight excluding hydrogens is 333 g/mol. The van der Waals surface area contributed by atoms with Crippen LogP contribution < -0.4 is 11.3 Å². The predicted molar refractivity (Wildman–Crippen MR) is 88.8 cm³/mol. The number of hydrogen-bond acceptors (Lipinski definition) is 4. The van der Waals surface area contributed by atoms with Crippen LogP contribution in [0.15, 0.2) is 23.1 Å². The van der Waals surface area contributed by atoms with Gasteiger partial charge in [0.2, 0.25) is 0 Å². The molecule has 1 aromatic carbocycles. The minimum atomic E-state index is -0.582. The van der Waals surface area contributed by atoms with Crippen molar-refractivity contribution >= 4 is 22.5 Å². The third kappa shape index (κ3) is 2.32. The summed E-state index contributed by atoms with van der Waals surface area (Å²) in [6.07, 6.45) is 3.53. The number of aromatic nitrogens is 4. The number of benzene rings is 1. The average molecular weight is 348 g/mol. The number of rotatable bonds is 3. The maximum absolute atomic E-state index is 13.7. The van der Waals surface area contributed by atoms with Crippen LogP contribution in [-0.4, -0.2) is 19.7 Å². The van der Waals surface area contributed by atoms with Crippen LogP contribution in [0.1, 0.15) is 30.4 Å². The quantitative estimate of drug-likeness (QED) is 0.762. The zero-order valence-electron chi connectivity index (χ0n) is 12.9. The monoisotopic (exact) mass is 347 g/mol. The predicted octanol–water partition coefficient (Wildman–Crippen LogP) is 2.62. The van der Waals surface area contributed by atoms with E-state index in [0.717, 1.165) is 25.0 Å². The highest BCUT2D eigenvalue weighted by molar-refractivity contribution is 6.35. The molecule has 1 unspecified atom stereocenters. The van der Waals surface area contributed by atoms with Crippen molar-refractivity contribution in [3.63, 3.8) is 0 Å². The number of nitrogens with zero attached hydrogens (tertiary/aromatic N) is 3. The molecule has 0 radical (unpaired) electrons. The molecule has 0 spiro atoms. The van der Waals surface area contributed by atoms with Gasteiger partial charge in [0.1, 0.15) is 11.6 Å². The molecule has 1 saturated carbocycles. The van der Waals surface area contributed by atoms with Crippen molar-refractivity contribution in [1.29, 1.82) is 0 Å². The summed E-state index contributed by atoms with van der Waals surface area (Å²) in [4.78, 5) is 17.6. The molecule has 0 bridgehead atoms. The van der Waals surface area contributed by atoms with Crippen LogP contribution in [0.2, 0.25) is 5.02 Å². The minimum Gasteiger partial charge on any atom is -0.321 e. The van der Waals surface area contributed by atoms with Crippen molar-refractivity contribution in [2.45, 2.75) is 25.8 Å². The highest BCUT2D eigenvalue weighted by Crippen LogP contribution is 2.39. The zero-order valence-corrected chi connectivity index (χ0v) is 13.6. The lowest BCUT2D eigenvalue weighted by molar-refractivity contribution is 0.573. The van der Waals surface area contributed by atoms with Crippen LogP contribution in [0.3, 0.4) is 0 Å². The third-order valence-corrected chi connectivity index (χ3v) is 4.68.